The third-order valence-corrected chi connectivity index (χ3v) is 5.16. The highest BCUT2D eigenvalue weighted by atomic mass is 16.2. The van der Waals surface area contributed by atoms with Gasteiger partial charge in [-0.25, -0.2) is 0 Å². The van der Waals surface area contributed by atoms with Crippen LogP contribution in [0.15, 0.2) is 0 Å². The van der Waals surface area contributed by atoms with Crippen molar-refractivity contribution < 1.29 is 14.4 Å². The lowest BCUT2D eigenvalue weighted by Crippen LogP contribution is -2.49. The summed E-state index contributed by atoms with van der Waals surface area (Å²) in [7, 11) is 1.51. The average Bonchev–Trinajstić information content (AvgIpc) is 2.51. The van der Waals surface area contributed by atoms with E-state index in [0.29, 0.717) is 12.8 Å². The Balaban J connectivity index is 2.68. The molecule has 4 heteroatoms. The lowest BCUT2D eigenvalue weighted by atomic mass is 9.64. The van der Waals surface area contributed by atoms with Gasteiger partial charge in [-0.3, -0.25) is 14.4 Å². The van der Waals surface area contributed by atoms with Crippen LogP contribution in [0, 0.1) is 16.2 Å². The van der Waals surface area contributed by atoms with Crippen LogP contribution >= 0.6 is 0 Å². The Morgan fingerprint density at radius 3 is 2.06 bits per heavy atom. The number of ketones is 2. The molecule has 0 aromatic rings. The highest BCUT2D eigenvalue weighted by molar-refractivity contribution is 6.48. The largest absolute Gasteiger partial charge is 0.358 e. The van der Waals surface area contributed by atoms with Crippen molar-refractivity contribution in [3.8, 4) is 0 Å². The summed E-state index contributed by atoms with van der Waals surface area (Å²) in [4.78, 5) is 36.1. The van der Waals surface area contributed by atoms with Crippen LogP contribution in [0.25, 0.3) is 0 Å². The van der Waals surface area contributed by atoms with E-state index in [1.165, 1.54) is 7.05 Å². The molecular weight excluding hydrogens is 206 g/mol. The van der Waals surface area contributed by atoms with Gasteiger partial charge in [0, 0.05) is 12.5 Å². The SMILES string of the molecule is CNC(=O)[C@@]12CC[C@](C)(C(=O)C1=O)C2(C)C. The first-order valence-corrected chi connectivity index (χ1v) is 5.57. The quantitative estimate of drug-likeness (QED) is 0.525. The molecule has 16 heavy (non-hydrogen) atoms. The maximum absolute atomic E-state index is 12.1. The Bertz CT molecular complexity index is 412. The van der Waals surface area contributed by atoms with Crippen molar-refractivity contribution in [2.45, 2.75) is 33.6 Å². The van der Waals surface area contributed by atoms with Crippen molar-refractivity contribution in [1.82, 2.24) is 5.32 Å². The Morgan fingerprint density at radius 2 is 1.69 bits per heavy atom. The molecule has 2 rings (SSSR count). The molecule has 4 nitrogen and oxygen atoms in total. The number of carbonyl (C=O) groups is 3. The van der Waals surface area contributed by atoms with Crippen LogP contribution in [0.4, 0.5) is 0 Å². The molecular formula is C12H17NO3. The second-order valence-corrected chi connectivity index (χ2v) is 5.60. The van der Waals surface area contributed by atoms with Crippen molar-refractivity contribution >= 4 is 17.5 Å². The van der Waals surface area contributed by atoms with Crippen molar-refractivity contribution in [1.29, 1.82) is 0 Å². The summed E-state index contributed by atoms with van der Waals surface area (Å²) in [5.41, 5.74) is -2.39. The average molecular weight is 223 g/mol. The Kier molecular flexibility index (Phi) is 1.93. The highest BCUT2D eigenvalue weighted by Gasteiger charge is 2.77. The van der Waals surface area contributed by atoms with Gasteiger partial charge in [-0.15, -0.1) is 0 Å². The number of amides is 1. The number of hydrogen-bond donors (Lipinski definition) is 1. The van der Waals surface area contributed by atoms with E-state index in [4.69, 9.17) is 0 Å². The van der Waals surface area contributed by atoms with Crippen LogP contribution in [-0.4, -0.2) is 24.5 Å². The molecule has 2 aliphatic carbocycles. The Hall–Kier alpha value is -1.19. The number of fused-ring (bicyclic) bond motifs is 2. The van der Waals surface area contributed by atoms with E-state index in [1.54, 1.807) is 0 Å². The Labute approximate surface area is 94.8 Å². The fourth-order valence-electron chi connectivity index (χ4n) is 3.49. The number of hydrogen-bond acceptors (Lipinski definition) is 3. The summed E-state index contributed by atoms with van der Waals surface area (Å²) >= 11 is 0. The van der Waals surface area contributed by atoms with E-state index in [-0.39, 0.29) is 11.7 Å². The first kappa shape index (κ1) is 11.3. The maximum Gasteiger partial charge on any atom is 0.234 e. The van der Waals surface area contributed by atoms with Crippen molar-refractivity contribution in [3.63, 3.8) is 0 Å². The monoisotopic (exact) mass is 223 g/mol. The lowest BCUT2D eigenvalue weighted by molar-refractivity contribution is -0.149. The molecule has 0 radical (unpaired) electrons. The standard InChI is InChI=1S/C12H17NO3/c1-10(2)11(3)5-6-12(10,9(16)13-4)8(15)7(11)14/h5-6H2,1-4H3,(H,13,16)/t11-,12-/m1/s1. The normalized spacial score (nSPS) is 40.2. The number of nitrogens with one attached hydrogen (secondary N) is 1. The summed E-state index contributed by atoms with van der Waals surface area (Å²) in [6, 6.07) is 0. The van der Waals surface area contributed by atoms with Gasteiger partial charge in [0.15, 0.2) is 0 Å². The van der Waals surface area contributed by atoms with E-state index in [2.05, 4.69) is 5.32 Å². The predicted molar refractivity (Wildman–Crippen MR) is 57.6 cm³/mol. The first-order valence-electron chi connectivity index (χ1n) is 5.57. The predicted octanol–water partition coefficient (Wildman–Crippen LogP) is 0.697. The van der Waals surface area contributed by atoms with Crippen LogP contribution in [0.2, 0.25) is 0 Å². The third kappa shape index (κ3) is 0.782. The fraction of sp³-hybridized carbons (Fsp3) is 0.750. The highest BCUT2D eigenvalue weighted by Crippen LogP contribution is 2.68. The molecule has 0 aromatic carbocycles. The van der Waals surface area contributed by atoms with Gasteiger partial charge >= 0.3 is 0 Å². The number of rotatable bonds is 1. The molecule has 0 unspecified atom stereocenters. The van der Waals surface area contributed by atoms with Crippen LogP contribution in [-0.2, 0) is 14.4 Å². The van der Waals surface area contributed by atoms with Crippen molar-refractivity contribution in [2.75, 3.05) is 7.05 Å². The van der Waals surface area contributed by atoms with Crippen LogP contribution in [0.5, 0.6) is 0 Å². The van der Waals surface area contributed by atoms with Crippen molar-refractivity contribution in [2.24, 2.45) is 16.2 Å². The minimum atomic E-state index is -1.13. The summed E-state index contributed by atoms with van der Waals surface area (Å²) in [5, 5.41) is 2.54. The number of Topliss-reactive ketones (excluding diaryl/α,β-unsaturated/α-hetero) is 2. The molecule has 0 saturated heterocycles. The second kappa shape index (κ2) is 2.73. The molecule has 1 amide bonds. The minimum absolute atomic E-state index is 0.308. The zero-order chi connectivity index (χ0) is 12.4. The molecule has 0 aliphatic heterocycles. The van der Waals surface area contributed by atoms with Crippen LogP contribution in [0.3, 0.4) is 0 Å². The summed E-state index contributed by atoms with van der Waals surface area (Å²) in [6.45, 7) is 5.53. The number of carbonyl (C=O) groups excluding carboxylic acids is 3. The molecule has 2 bridgehead atoms. The van der Waals surface area contributed by atoms with E-state index in [0.717, 1.165) is 0 Å². The molecule has 2 aliphatic rings. The topological polar surface area (TPSA) is 63.2 Å². The van der Waals surface area contributed by atoms with E-state index in [9.17, 15) is 14.4 Å². The molecule has 0 spiro atoms. The van der Waals surface area contributed by atoms with E-state index < -0.39 is 22.0 Å². The molecule has 2 atom stereocenters. The van der Waals surface area contributed by atoms with Crippen molar-refractivity contribution in [3.05, 3.63) is 0 Å². The fourth-order valence-corrected chi connectivity index (χ4v) is 3.49. The summed E-state index contributed by atoms with van der Waals surface area (Å²) in [5.74, 6) is -1.17. The van der Waals surface area contributed by atoms with Gasteiger partial charge in [-0.1, -0.05) is 20.8 Å². The Morgan fingerprint density at radius 1 is 1.12 bits per heavy atom. The minimum Gasteiger partial charge on any atom is -0.358 e. The van der Waals surface area contributed by atoms with Gasteiger partial charge in [-0.2, -0.15) is 0 Å². The molecule has 1 N–H and O–H groups in total. The molecule has 88 valence electrons. The van der Waals surface area contributed by atoms with Gasteiger partial charge < -0.3 is 5.32 Å². The third-order valence-electron chi connectivity index (χ3n) is 5.16. The van der Waals surface area contributed by atoms with Gasteiger partial charge in [0.1, 0.15) is 5.41 Å². The molecule has 0 heterocycles. The zero-order valence-electron chi connectivity index (χ0n) is 10.1. The lowest BCUT2D eigenvalue weighted by Gasteiger charge is -2.36. The van der Waals surface area contributed by atoms with Gasteiger partial charge in [0.2, 0.25) is 17.5 Å². The summed E-state index contributed by atoms with van der Waals surface area (Å²) in [6.07, 6.45) is 1.11. The van der Waals surface area contributed by atoms with Gasteiger partial charge in [-0.05, 0) is 18.3 Å². The molecule has 2 fully saturated rings. The molecule has 0 aromatic heterocycles. The van der Waals surface area contributed by atoms with E-state index >= 15 is 0 Å². The van der Waals surface area contributed by atoms with E-state index in [1.807, 2.05) is 20.8 Å². The van der Waals surface area contributed by atoms with Crippen LogP contribution in [0.1, 0.15) is 33.6 Å². The molecule has 2 saturated carbocycles. The van der Waals surface area contributed by atoms with Gasteiger partial charge in [0.05, 0.1) is 0 Å². The summed E-state index contributed by atoms with van der Waals surface area (Å²) < 4.78 is 0. The van der Waals surface area contributed by atoms with Gasteiger partial charge in [0.25, 0.3) is 0 Å². The second-order valence-electron chi connectivity index (χ2n) is 5.60. The van der Waals surface area contributed by atoms with Crippen LogP contribution < -0.4 is 5.32 Å². The smallest absolute Gasteiger partial charge is 0.234 e. The first-order chi connectivity index (χ1) is 7.25. The maximum atomic E-state index is 12.1. The zero-order valence-corrected chi connectivity index (χ0v) is 10.1.